The fourth-order valence-electron chi connectivity index (χ4n) is 2.60. The fourth-order valence-corrected chi connectivity index (χ4v) is 4.18. The number of amides is 1. The van der Waals surface area contributed by atoms with Gasteiger partial charge in [0.1, 0.15) is 5.03 Å². The molecule has 0 unspecified atom stereocenters. The van der Waals surface area contributed by atoms with Crippen molar-refractivity contribution in [3.63, 3.8) is 0 Å². The van der Waals surface area contributed by atoms with Crippen molar-refractivity contribution < 1.29 is 17.9 Å². The van der Waals surface area contributed by atoms with Gasteiger partial charge in [-0.25, -0.2) is 8.42 Å². The molecule has 2 aromatic rings. The van der Waals surface area contributed by atoms with Gasteiger partial charge in [-0.3, -0.25) is 4.79 Å². The molecule has 0 aromatic heterocycles. The van der Waals surface area contributed by atoms with E-state index in [4.69, 9.17) is 16.3 Å². The first-order valence-electron chi connectivity index (χ1n) is 8.38. The van der Waals surface area contributed by atoms with Gasteiger partial charge in [0.15, 0.2) is 0 Å². The molecule has 1 N–H and O–H groups in total. The molecule has 1 fully saturated rings. The van der Waals surface area contributed by atoms with Crippen LogP contribution in [-0.4, -0.2) is 44.9 Å². The van der Waals surface area contributed by atoms with Crippen LogP contribution in [0.2, 0.25) is 0 Å². The van der Waals surface area contributed by atoms with Crippen LogP contribution in [0.4, 0.5) is 5.69 Å². The van der Waals surface area contributed by atoms with Crippen molar-refractivity contribution in [3.05, 3.63) is 65.2 Å². The third kappa shape index (κ3) is 4.95. The van der Waals surface area contributed by atoms with E-state index in [2.05, 4.69) is 5.32 Å². The van der Waals surface area contributed by atoms with Gasteiger partial charge in [-0.05, 0) is 35.9 Å². The first kappa shape index (κ1) is 19.6. The van der Waals surface area contributed by atoms with Crippen molar-refractivity contribution in [1.82, 2.24) is 4.31 Å². The van der Waals surface area contributed by atoms with E-state index < -0.39 is 15.9 Å². The van der Waals surface area contributed by atoms with E-state index in [9.17, 15) is 13.2 Å². The van der Waals surface area contributed by atoms with Gasteiger partial charge in [0.25, 0.3) is 5.91 Å². The van der Waals surface area contributed by atoms with Crippen LogP contribution in [0.3, 0.4) is 0 Å². The number of nitrogens with one attached hydrogen (secondary N) is 1. The molecule has 3 rings (SSSR count). The molecule has 0 bridgehead atoms. The molecule has 0 spiro atoms. The predicted octanol–water partition coefficient (Wildman–Crippen LogP) is 2.93. The van der Waals surface area contributed by atoms with Crippen LogP contribution in [0.15, 0.2) is 64.5 Å². The monoisotopic (exact) mass is 406 g/mol. The van der Waals surface area contributed by atoms with Crippen LogP contribution >= 0.6 is 11.6 Å². The third-order valence-electron chi connectivity index (χ3n) is 4.03. The predicted molar refractivity (Wildman–Crippen MR) is 105 cm³/mol. The summed E-state index contributed by atoms with van der Waals surface area (Å²) in [6, 6.07) is 15.3. The highest BCUT2D eigenvalue weighted by Gasteiger charge is 2.26. The van der Waals surface area contributed by atoms with Gasteiger partial charge in [-0.2, -0.15) is 4.31 Å². The summed E-state index contributed by atoms with van der Waals surface area (Å²) in [6.07, 6.45) is 1.56. The van der Waals surface area contributed by atoms with Gasteiger partial charge in [0, 0.05) is 18.8 Å². The van der Waals surface area contributed by atoms with Crippen molar-refractivity contribution >= 4 is 39.3 Å². The molecule has 0 atom stereocenters. The van der Waals surface area contributed by atoms with Crippen LogP contribution in [0, 0.1) is 0 Å². The van der Waals surface area contributed by atoms with Gasteiger partial charge in [0.05, 0.1) is 18.1 Å². The lowest BCUT2D eigenvalue weighted by molar-refractivity contribution is -0.112. The highest BCUT2D eigenvalue weighted by atomic mass is 35.5. The minimum absolute atomic E-state index is 0.0335. The van der Waals surface area contributed by atoms with E-state index in [1.807, 2.05) is 30.3 Å². The summed E-state index contributed by atoms with van der Waals surface area (Å²) in [5, 5.41) is 2.69. The summed E-state index contributed by atoms with van der Waals surface area (Å²) in [5.74, 6) is -0.468. The number of nitrogens with zero attached hydrogens (tertiary/aromatic N) is 1. The molecule has 0 saturated carbocycles. The topological polar surface area (TPSA) is 75.7 Å². The Labute approximate surface area is 163 Å². The number of anilines is 1. The molecular weight excluding hydrogens is 388 g/mol. The number of ether oxygens (including phenoxy) is 1. The van der Waals surface area contributed by atoms with E-state index in [0.29, 0.717) is 32.0 Å². The lowest BCUT2D eigenvalue weighted by atomic mass is 10.2. The van der Waals surface area contributed by atoms with E-state index in [1.165, 1.54) is 28.6 Å². The Balaban J connectivity index is 1.68. The number of carbonyl (C=O) groups is 1. The summed E-state index contributed by atoms with van der Waals surface area (Å²) in [5.41, 5.74) is 1.27. The Hall–Kier alpha value is -2.19. The average molecular weight is 407 g/mol. The standard InChI is InChI=1S/C19H19ClN2O4S/c20-18(14-15-4-2-1-3-5-15)19(23)21-16-6-8-17(9-7-16)27(24,25)22-10-12-26-13-11-22/h1-9,14H,10-13H2,(H,21,23). The molecule has 1 aliphatic heterocycles. The summed E-state index contributed by atoms with van der Waals surface area (Å²) < 4.78 is 31.7. The second kappa shape index (κ2) is 8.67. The Bertz CT molecular complexity index is 922. The first-order valence-corrected chi connectivity index (χ1v) is 10.2. The van der Waals surface area contributed by atoms with Gasteiger partial charge in [-0.1, -0.05) is 41.9 Å². The average Bonchev–Trinajstić information content (AvgIpc) is 2.70. The van der Waals surface area contributed by atoms with Crippen molar-refractivity contribution in [3.8, 4) is 0 Å². The number of carbonyl (C=O) groups excluding carboxylic acids is 1. The van der Waals surface area contributed by atoms with Gasteiger partial charge in [-0.15, -0.1) is 0 Å². The molecule has 1 aliphatic rings. The first-order chi connectivity index (χ1) is 13.0. The quantitative estimate of drug-likeness (QED) is 0.774. The zero-order valence-electron chi connectivity index (χ0n) is 14.5. The zero-order valence-corrected chi connectivity index (χ0v) is 16.0. The molecule has 27 heavy (non-hydrogen) atoms. The molecule has 8 heteroatoms. The van der Waals surface area contributed by atoms with Crippen molar-refractivity contribution in [1.29, 1.82) is 0 Å². The zero-order chi connectivity index (χ0) is 19.3. The normalized spacial score (nSPS) is 16.1. The van der Waals surface area contributed by atoms with Crippen LogP contribution in [-0.2, 0) is 19.6 Å². The number of halogens is 1. The maximum Gasteiger partial charge on any atom is 0.267 e. The number of sulfonamides is 1. The van der Waals surface area contributed by atoms with Crippen molar-refractivity contribution in [2.45, 2.75) is 4.90 Å². The van der Waals surface area contributed by atoms with Gasteiger partial charge >= 0.3 is 0 Å². The molecule has 0 radical (unpaired) electrons. The van der Waals surface area contributed by atoms with Crippen LogP contribution in [0.5, 0.6) is 0 Å². The lowest BCUT2D eigenvalue weighted by Crippen LogP contribution is -2.40. The van der Waals surface area contributed by atoms with E-state index in [1.54, 1.807) is 6.08 Å². The van der Waals surface area contributed by atoms with Crippen molar-refractivity contribution in [2.75, 3.05) is 31.6 Å². The largest absolute Gasteiger partial charge is 0.379 e. The van der Waals surface area contributed by atoms with Crippen LogP contribution in [0.1, 0.15) is 5.56 Å². The highest BCUT2D eigenvalue weighted by Crippen LogP contribution is 2.20. The smallest absolute Gasteiger partial charge is 0.267 e. The molecule has 0 aliphatic carbocycles. The SMILES string of the molecule is O=C(Nc1ccc(S(=O)(=O)N2CCOCC2)cc1)C(Cl)=Cc1ccccc1. The van der Waals surface area contributed by atoms with Gasteiger partial charge < -0.3 is 10.1 Å². The van der Waals surface area contributed by atoms with E-state index >= 15 is 0 Å². The Morgan fingerprint density at radius 2 is 1.67 bits per heavy atom. The summed E-state index contributed by atoms with van der Waals surface area (Å²) >= 11 is 6.06. The maximum absolute atomic E-state index is 12.6. The number of benzene rings is 2. The van der Waals surface area contributed by atoms with Crippen molar-refractivity contribution in [2.24, 2.45) is 0 Å². The number of hydrogen-bond donors (Lipinski definition) is 1. The molecule has 2 aromatic carbocycles. The lowest BCUT2D eigenvalue weighted by Gasteiger charge is -2.26. The molecule has 6 nitrogen and oxygen atoms in total. The van der Waals surface area contributed by atoms with E-state index in [-0.39, 0.29) is 9.93 Å². The molecule has 142 valence electrons. The maximum atomic E-state index is 12.6. The number of morpholine rings is 1. The molecular formula is C19H19ClN2O4S. The Kier molecular flexibility index (Phi) is 6.28. The Morgan fingerprint density at radius 3 is 2.30 bits per heavy atom. The van der Waals surface area contributed by atoms with Gasteiger partial charge in [0.2, 0.25) is 10.0 Å². The number of hydrogen-bond acceptors (Lipinski definition) is 4. The summed E-state index contributed by atoms with van der Waals surface area (Å²) in [6.45, 7) is 1.45. The minimum atomic E-state index is -3.56. The van der Waals surface area contributed by atoms with Crippen LogP contribution in [0.25, 0.3) is 6.08 Å². The highest BCUT2D eigenvalue weighted by molar-refractivity contribution is 7.89. The summed E-state index contributed by atoms with van der Waals surface area (Å²) in [7, 11) is -3.56. The second-order valence-electron chi connectivity index (χ2n) is 5.90. The molecule has 1 amide bonds. The Morgan fingerprint density at radius 1 is 1.04 bits per heavy atom. The second-order valence-corrected chi connectivity index (χ2v) is 8.24. The molecule has 1 saturated heterocycles. The van der Waals surface area contributed by atoms with Crippen LogP contribution < -0.4 is 5.32 Å². The number of rotatable bonds is 5. The fraction of sp³-hybridized carbons (Fsp3) is 0.211. The molecule has 1 heterocycles. The van der Waals surface area contributed by atoms with E-state index in [0.717, 1.165) is 5.56 Å². The summed E-state index contributed by atoms with van der Waals surface area (Å²) in [4.78, 5) is 12.4. The third-order valence-corrected chi connectivity index (χ3v) is 6.22. The minimum Gasteiger partial charge on any atom is -0.379 e.